The molecule has 0 aliphatic carbocycles. The van der Waals surface area contributed by atoms with Crippen molar-refractivity contribution in [3.05, 3.63) is 40.2 Å². The van der Waals surface area contributed by atoms with E-state index in [0.29, 0.717) is 29.8 Å². The van der Waals surface area contributed by atoms with Crippen LogP contribution in [0.3, 0.4) is 0 Å². The van der Waals surface area contributed by atoms with Crippen LogP contribution in [0.15, 0.2) is 33.5 Å². The van der Waals surface area contributed by atoms with Crippen LogP contribution in [0.5, 0.6) is 5.75 Å². The summed E-state index contributed by atoms with van der Waals surface area (Å²) in [6, 6.07) is 5.74. The molecule has 30 heavy (non-hydrogen) atoms. The summed E-state index contributed by atoms with van der Waals surface area (Å²) in [6.07, 6.45) is -0.386. The van der Waals surface area contributed by atoms with Crippen LogP contribution in [-0.4, -0.2) is 47.3 Å². The first-order valence-corrected chi connectivity index (χ1v) is 11.9. The standard InChI is InChI=1S/C20H26N2O6S2/c1-20(2,3)28-19(26)22-7-9-30-29-8-6-21-17(24)10-13-11-18(25)27-16-12-14(23)4-5-15(13)16/h4-5,11-12,23H,6-10H2,1-3H3,(H,21,24)(H,22,26). The molecule has 3 N–H and O–H groups in total. The van der Waals surface area contributed by atoms with E-state index in [4.69, 9.17) is 9.15 Å². The zero-order valence-corrected chi connectivity index (χ0v) is 18.8. The number of hydrogen-bond acceptors (Lipinski definition) is 8. The van der Waals surface area contributed by atoms with Gasteiger partial charge in [0.2, 0.25) is 5.91 Å². The number of carbonyl (C=O) groups is 2. The van der Waals surface area contributed by atoms with Crippen LogP contribution < -0.4 is 16.3 Å². The third kappa shape index (κ3) is 8.58. The number of benzene rings is 1. The Balaban J connectivity index is 1.65. The topological polar surface area (TPSA) is 118 Å². The molecule has 0 saturated heterocycles. The van der Waals surface area contributed by atoms with Crippen LogP contribution in [0.25, 0.3) is 11.0 Å². The normalized spacial score (nSPS) is 11.3. The average molecular weight is 455 g/mol. The van der Waals surface area contributed by atoms with Gasteiger partial charge in [0.05, 0.1) is 6.42 Å². The maximum absolute atomic E-state index is 12.2. The van der Waals surface area contributed by atoms with E-state index in [2.05, 4.69) is 10.6 Å². The lowest BCUT2D eigenvalue weighted by Crippen LogP contribution is -2.33. The number of alkyl carbamates (subject to hydrolysis) is 1. The highest BCUT2D eigenvalue weighted by Gasteiger charge is 2.15. The summed E-state index contributed by atoms with van der Waals surface area (Å²) in [5.74, 6) is 1.21. The SMILES string of the molecule is CC(C)(C)OC(=O)NCCSSCCNC(=O)Cc1cc(=O)oc2cc(O)ccc12. The Hall–Kier alpha value is -2.33. The van der Waals surface area contributed by atoms with Crippen molar-refractivity contribution >= 4 is 44.6 Å². The van der Waals surface area contributed by atoms with Gasteiger partial charge in [-0.25, -0.2) is 9.59 Å². The van der Waals surface area contributed by atoms with Crippen molar-refractivity contribution in [1.29, 1.82) is 0 Å². The van der Waals surface area contributed by atoms with E-state index >= 15 is 0 Å². The van der Waals surface area contributed by atoms with Gasteiger partial charge in [0.15, 0.2) is 0 Å². The summed E-state index contributed by atoms with van der Waals surface area (Å²) < 4.78 is 10.2. The van der Waals surface area contributed by atoms with Gasteiger partial charge in [0, 0.05) is 42.1 Å². The van der Waals surface area contributed by atoms with Gasteiger partial charge in [-0.05, 0) is 38.5 Å². The second-order valence-corrected chi connectivity index (χ2v) is 10.1. The zero-order chi connectivity index (χ0) is 22.1. The van der Waals surface area contributed by atoms with Crippen molar-refractivity contribution in [2.45, 2.75) is 32.8 Å². The quantitative estimate of drug-likeness (QED) is 0.301. The monoisotopic (exact) mass is 454 g/mol. The van der Waals surface area contributed by atoms with Crippen molar-refractivity contribution in [2.75, 3.05) is 24.6 Å². The summed E-state index contributed by atoms with van der Waals surface area (Å²) >= 11 is 0. The molecule has 2 amide bonds. The smallest absolute Gasteiger partial charge is 0.407 e. The molecule has 0 fully saturated rings. The zero-order valence-electron chi connectivity index (χ0n) is 17.1. The number of hydrogen-bond donors (Lipinski definition) is 3. The Labute approximate surface area is 182 Å². The lowest BCUT2D eigenvalue weighted by molar-refractivity contribution is -0.120. The van der Waals surface area contributed by atoms with Gasteiger partial charge in [-0.15, -0.1) is 0 Å². The maximum atomic E-state index is 12.2. The molecule has 2 rings (SSSR count). The first-order chi connectivity index (χ1) is 14.1. The molecule has 1 heterocycles. The number of aromatic hydroxyl groups is 1. The van der Waals surface area contributed by atoms with Crippen LogP contribution >= 0.6 is 21.6 Å². The molecule has 0 radical (unpaired) electrons. The predicted octanol–water partition coefficient (Wildman–Crippen LogP) is 3.06. The number of phenols is 1. The van der Waals surface area contributed by atoms with Gasteiger partial charge in [-0.3, -0.25) is 4.79 Å². The van der Waals surface area contributed by atoms with Gasteiger partial charge >= 0.3 is 11.7 Å². The minimum absolute atomic E-state index is 0.0110. The molecular formula is C20H26N2O6S2. The van der Waals surface area contributed by atoms with Gasteiger partial charge in [-0.1, -0.05) is 21.6 Å². The third-order valence-corrected chi connectivity index (χ3v) is 6.02. The van der Waals surface area contributed by atoms with E-state index in [1.807, 2.05) is 20.8 Å². The summed E-state index contributed by atoms with van der Waals surface area (Å²) in [6.45, 7) is 6.41. The summed E-state index contributed by atoms with van der Waals surface area (Å²) in [5.41, 5.74) is -0.281. The van der Waals surface area contributed by atoms with Gasteiger partial charge in [0.1, 0.15) is 16.9 Å². The number of nitrogens with one attached hydrogen (secondary N) is 2. The summed E-state index contributed by atoms with van der Waals surface area (Å²) in [5, 5.41) is 15.6. The molecule has 0 unspecified atom stereocenters. The predicted molar refractivity (Wildman–Crippen MR) is 120 cm³/mol. The van der Waals surface area contributed by atoms with Crippen LogP contribution in [0.4, 0.5) is 4.79 Å². The molecule has 0 atom stereocenters. The molecule has 10 heteroatoms. The van der Waals surface area contributed by atoms with Gasteiger partial charge in [-0.2, -0.15) is 0 Å². The second-order valence-electron chi connectivity index (χ2n) is 7.37. The Morgan fingerprint density at radius 1 is 1.10 bits per heavy atom. The average Bonchev–Trinajstić information content (AvgIpc) is 2.61. The number of rotatable bonds is 9. The summed E-state index contributed by atoms with van der Waals surface area (Å²) in [4.78, 5) is 35.4. The van der Waals surface area contributed by atoms with E-state index in [-0.39, 0.29) is 23.7 Å². The number of carbonyl (C=O) groups excluding carboxylic acids is 2. The van der Waals surface area contributed by atoms with E-state index in [1.165, 1.54) is 18.2 Å². The lowest BCUT2D eigenvalue weighted by atomic mass is 10.1. The maximum Gasteiger partial charge on any atom is 0.407 e. The second kappa shape index (κ2) is 11.2. The van der Waals surface area contributed by atoms with Gasteiger partial charge in [0.25, 0.3) is 0 Å². The van der Waals surface area contributed by atoms with E-state index in [1.54, 1.807) is 27.7 Å². The lowest BCUT2D eigenvalue weighted by Gasteiger charge is -2.19. The molecule has 0 bridgehead atoms. The van der Waals surface area contributed by atoms with Crippen molar-refractivity contribution in [3.63, 3.8) is 0 Å². The Bertz CT molecular complexity index is 939. The van der Waals surface area contributed by atoms with Crippen LogP contribution in [0.1, 0.15) is 26.3 Å². The molecular weight excluding hydrogens is 428 g/mol. The number of fused-ring (bicyclic) bond motifs is 1. The van der Waals surface area contributed by atoms with Crippen molar-refractivity contribution < 1.29 is 23.8 Å². The molecule has 1 aromatic carbocycles. The molecule has 1 aromatic heterocycles. The van der Waals surface area contributed by atoms with Crippen LogP contribution in [-0.2, 0) is 16.0 Å². The third-order valence-electron chi connectivity index (χ3n) is 3.61. The summed E-state index contributed by atoms with van der Waals surface area (Å²) in [7, 11) is 3.18. The van der Waals surface area contributed by atoms with Gasteiger partial charge < -0.3 is 24.9 Å². The van der Waals surface area contributed by atoms with E-state index < -0.39 is 17.3 Å². The highest BCUT2D eigenvalue weighted by molar-refractivity contribution is 8.76. The molecule has 0 saturated carbocycles. The molecule has 2 aromatic rings. The minimum Gasteiger partial charge on any atom is -0.508 e. The van der Waals surface area contributed by atoms with E-state index in [0.717, 1.165) is 5.75 Å². The molecule has 164 valence electrons. The fraction of sp³-hybridized carbons (Fsp3) is 0.450. The number of phenolic OH excluding ortho intramolecular Hbond substituents is 1. The molecule has 0 aliphatic rings. The first kappa shape index (κ1) is 23.9. The number of ether oxygens (including phenoxy) is 1. The van der Waals surface area contributed by atoms with Crippen LogP contribution in [0.2, 0.25) is 0 Å². The highest BCUT2D eigenvalue weighted by atomic mass is 33.1. The largest absolute Gasteiger partial charge is 0.508 e. The Kier molecular flexibility index (Phi) is 8.91. The van der Waals surface area contributed by atoms with Crippen molar-refractivity contribution in [1.82, 2.24) is 10.6 Å². The Morgan fingerprint density at radius 2 is 1.77 bits per heavy atom. The van der Waals surface area contributed by atoms with Crippen molar-refractivity contribution in [2.24, 2.45) is 0 Å². The Morgan fingerprint density at radius 3 is 2.43 bits per heavy atom. The van der Waals surface area contributed by atoms with Crippen molar-refractivity contribution in [3.8, 4) is 5.75 Å². The molecule has 8 nitrogen and oxygen atoms in total. The first-order valence-electron chi connectivity index (χ1n) is 9.38. The molecule has 0 spiro atoms. The minimum atomic E-state index is -0.567. The van der Waals surface area contributed by atoms with Crippen LogP contribution in [0, 0.1) is 0 Å². The van der Waals surface area contributed by atoms with E-state index in [9.17, 15) is 19.5 Å². The highest BCUT2D eigenvalue weighted by Crippen LogP contribution is 2.22. The molecule has 0 aliphatic heterocycles. The fourth-order valence-electron chi connectivity index (χ4n) is 2.46. The number of amides is 2. The fourth-order valence-corrected chi connectivity index (χ4v) is 4.27.